The van der Waals surface area contributed by atoms with Crippen LogP contribution < -0.4 is 0 Å². The Bertz CT molecular complexity index is 376. The maximum absolute atomic E-state index is 11.2. The molecule has 1 atom stereocenters. The van der Waals surface area contributed by atoms with Gasteiger partial charge < -0.3 is 9.84 Å². The molecule has 5 heteroatoms. The molecule has 1 aliphatic rings. The molecule has 1 N–H and O–H groups in total. The van der Waals surface area contributed by atoms with Gasteiger partial charge in [-0.05, 0) is 44.4 Å². The Morgan fingerprint density at radius 1 is 1.21 bits per heavy atom. The second-order valence-corrected chi connectivity index (χ2v) is 8.86. The van der Waals surface area contributed by atoms with Crippen molar-refractivity contribution in [2.45, 2.75) is 64.6 Å². The van der Waals surface area contributed by atoms with Gasteiger partial charge in [-0.3, -0.25) is 0 Å². The molecule has 0 aromatic carbocycles. The highest BCUT2D eigenvalue weighted by Crippen LogP contribution is 2.44. The van der Waals surface area contributed by atoms with Crippen molar-refractivity contribution in [3.8, 4) is 0 Å². The van der Waals surface area contributed by atoms with E-state index in [0.29, 0.717) is 6.61 Å². The van der Waals surface area contributed by atoms with E-state index < -0.39 is 21.5 Å². The summed E-state index contributed by atoms with van der Waals surface area (Å²) in [5.41, 5.74) is -0.258. The van der Waals surface area contributed by atoms with Gasteiger partial charge in [0.2, 0.25) is 0 Å². The van der Waals surface area contributed by atoms with E-state index in [1.54, 1.807) is 0 Å². The van der Waals surface area contributed by atoms with Crippen LogP contribution in [-0.4, -0.2) is 43.8 Å². The van der Waals surface area contributed by atoms with E-state index in [1.165, 1.54) is 6.26 Å². The van der Waals surface area contributed by atoms with Crippen molar-refractivity contribution in [3.63, 3.8) is 0 Å². The molecule has 0 amide bonds. The van der Waals surface area contributed by atoms with Crippen LogP contribution in [0.25, 0.3) is 0 Å². The van der Waals surface area contributed by atoms with E-state index in [-0.39, 0.29) is 17.6 Å². The van der Waals surface area contributed by atoms with Crippen molar-refractivity contribution in [3.05, 3.63) is 0 Å². The Balaban J connectivity index is 2.71. The van der Waals surface area contributed by atoms with E-state index >= 15 is 0 Å². The Kier molecular flexibility index (Phi) is 5.43. The summed E-state index contributed by atoms with van der Waals surface area (Å²) in [4.78, 5) is 0. The average Bonchev–Trinajstić information content (AvgIpc) is 2.28. The Morgan fingerprint density at radius 3 is 2.16 bits per heavy atom. The van der Waals surface area contributed by atoms with Crippen LogP contribution in [0, 0.1) is 5.41 Å². The largest absolute Gasteiger partial charge is 0.390 e. The smallest absolute Gasteiger partial charge is 0.147 e. The maximum atomic E-state index is 11.2. The first-order chi connectivity index (χ1) is 8.60. The lowest BCUT2D eigenvalue weighted by Gasteiger charge is -2.45. The highest BCUT2D eigenvalue weighted by Gasteiger charge is 2.44. The molecule has 0 aromatic rings. The third-order valence-corrected chi connectivity index (χ3v) is 5.23. The van der Waals surface area contributed by atoms with Gasteiger partial charge in [-0.25, -0.2) is 8.42 Å². The minimum Gasteiger partial charge on any atom is -0.390 e. The summed E-state index contributed by atoms with van der Waals surface area (Å²) in [6, 6.07) is 0. The van der Waals surface area contributed by atoms with Gasteiger partial charge in [-0.2, -0.15) is 0 Å². The molecule has 0 aromatic heterocycles. The molecule has 0 aliphatic heterocycles. The first kappa shape index (κ1) is 16.9. The van der Waals surface area contributed by atoms with Gasteiger partial charge in [0.05, 0.1) is 17.5 Å². The third kappa shape index (κ3) is 5.04. The molecule has 19 heavy (non-hydrogen) atoms. The lowest BCUT2D eigenvalue weighted by atomic mass is 9.68. The highest BCUT2D eigenvalue weighted by atomic mass is 32.2. The topological polar surface area (TPSA) is 63.6 Å². The number of hydrogen-bond acceptors (Lipinski definition) is 4. The predicted molar refractivity (Wildman–Crippen MR) is 76.9 cm³/mol. The van der Waals surface area contributed by atoms with Gasteiger partial charge in [0.1, 0.15) is 9.84 Å². The summed E-state index contributed by atoms with van der Waals surface area (Å²) in [7, 11) is -3.04. The molecule has 0 saturated heterocycles. The summed E-state index contributed by atoms with van der Waals surface area (Å²) in [6.07, 6.45) is 4.39. The summed E-state index contributed by atoms with van der Waals surface area (Å²) in [5.74, 6) is 0.0202. The number of aliphatic hydroxyl groups is 1. The first-order valence-corrected chi connectivity index (χ1v) is 9.16. The van der Waals surface area contributed by atoms with Crippen molar-refractivity contribution < 1.29 is 18.3 Å². The summed E-state index contributed by atoms with van der Waals surface area (Å²) >= 11 is 0. The van der Waals surface area contributed by atoms with Gasteiger partial charge >= 0.3 is 0 Å². The molecule has 114 valence electrons. The molecule has 1 fully saturated rings. The molecule has 0 spiro atoms. The zero-order chi connectivity index (χ0) is 14.7. The molecule has 0 radical (unpaired) electrons. The Hall–Kier alpha value is -0.130. The van der Waals surface area contributed by atoms with E-state index in [9.17, 15) is 13.5 Å². The number of sulfone groups is 1. The van der Waals surface area contributed by atoms with Crippen molar-refractivity contribution in [2.75, 3.05) is 18.6 Å². The summed E-state index contributed by atoms with van der Waals surface area (Å²) < 4.78 is 28.3. The zero-order valence-corrected chi connectivity index (χ0v) is 13.4. The molecule has 1 unspecified atom stereocenters. The molecule has 4 nitrogen and oxygen atoms in total. The van der Waals surface area contributed by atoms with Crippen LogP contribution >= 0.6 is 0 Å². The number of hydrogen-bond donors (Lipinski definition) is 1. The number of ether oxygens (including phenoxy) is 1. The van der Waals surface area contributed by atoms with Crippen molar-refractivity contribution >= 4 is 9.84 Å². The molecule has 0 bridgehead atoms. The van der Waals surface area contributed by atoms with Crippen molar-refractivity contribution in [1.29, 1.82) is 0 Å². The summed E-state index contributed by atoms with van der Waals surface area (Å²) in [6.45, 7) is 6.93. The van der Waals surface area contributed by atoms with E-state index in [1.807, 2.05) is 6.92 Å². The quantitative estimate of drug-likeness (QED) is 0.815. The second kappa shape index (κ2) is 6.10. The van der Waals surface area contributed by atoms with Crippen LogP contribution in [0.3, 0.4) is 0 Å². The van der Waals surface area contributed by atoms with E-state index in [4.69, 9.17) is 4.74 Å². The molecular formula is C14H28O4S. The van der Waals surface area contributed by atoms with Crippen LogP contribution in [-0.2, 0) is 14.6 Å². The Morgan fingerprint density at radius 2 is 1.74 bits per heavy atom. The summed E-state index contributed by atoms with van der Waals surface area (Å²) in [5, 5.41) is 10.4. The fourth-order valence-electron chi connectivity index (χ4n) is 2.80. The lowest BCUT2D eigenvalue weighted by molar-refractivity contribution is -0.151. The van der Waals surface area contributed by atoms with Crippen LogP contribution in [0.15, 0.2) is 0 Å². The fourth-order valence-corrected chi connectivity index (χ4v) is 3.45. The van der Waals surface area contributed by atoms with Gasteiger partial charge in [0.25, 0.3) is 0 Å². The van der Waals surface area contributed by atoms with Crippen LogP contribution in [0.1, 0.15) is 52.9 Å². The maximum Gasteiger partial charge on any atom is 0.147 e. The second-order valence-electron chi connectivity index (χ2n) is 6.60. The first-order valence-electron chi connectivity index (χ1n) is 7.10. The van der Waals surface area contributed by atoms with Gasteiger partial charge in [-0.1, -0.05) is 13.8 Å². The van der Waals surface area contributed by atoms with E-state index in [2.05, 4.69) is 13.8 Å². The zero-order valence-electron chi connectivity index (χ0n) is 12.6. The van der Waals surface area contributed by atoms with Crippen LogP contribution in [0.2, 0.25) is 0 Å². The van der Waals surface area contributed by atoms with Gasteiger partial charge in [0.15, 0.2) is 0 Å². The number of aliphatic hydroxyl groups excluding tert-OH is 1. The predicted octanol–water partition coefficient (Wildman–Crippen LogP) is 2.16. The SMILES string of the molecule is CCOC1(C(O)CCS(C)(=O)=O)CCC(C)(C)CC1. The van der Waals surface area contributed by atoms with Crippen molar-refractivity contribution in [2.24, 2.45) is 5.41 Å². The average molecular weight is 292 g/mol. The monoisotopic (exact) mass is 292 g/mol. The van der Waals surface area contributed by atoms with Gasteiger partial charge in [0, 0.05) is 12.9 Å². The minimum absolute atomic E-state index is 0.0202. The Labute approximate surface area is 117 Å². The van der Waals surface area contributed by atoms with Crippen LogP contribution in [0.4, 0.5) is 0 Å². The normalized spacial score (nSPS) is 24.1. The minimum atomic E-state index is -3.04. The fraction of sp³-hybridized carbons (Fsp3) is 1.00. The molecule has 0 heterocycles. The molecule has 1 aliphatic carbocycles. The van der Waals surface area contributed by atoms with E-state index in [0.717, 1.165) is 25.7 Å². The molecular weight excluding hydrogens is 264 g/mol. The standard InChI is InChI=1S/C14H28O4S/c1-5-18-14(9-7-13(2,3)8-10-14)12(15)6-11-19(4,16)17/h12,15H,5-11H2,1-4H3. The molecule has 1 rings (SSSR count). The highest BCUT2D eigenvalue weighted by molar-refractivity contribution is 7.90. The van der Waals surface area contributed by atoms with Crippen LogP contribution in [0.5, 0.6) is 0 Å². The van der Waals surface area contributed by atoms with Crippen molar-refractivity contribution in [1.82, 2.24) is 0 Å². The van der Waals surface area contributed by atoms with Gasteiger partial charge in [-0.15, -0.1) is 0 Å². The number of rotatable bonds is 6. The molecule has 1 saturated carbocycles. The third-order valence-electron chi connectivity index (χ3n) is 4.25. The lowest BCUT2D eigenvalue weighted by Crippen LogP contribution is -2.49.